The second kappa shape index (κ2) is 5.21. The number of anilines is 2. The average Bonchev–Trinajstić information content (AvgIpc) is 2.82. The average molecular weight is 306 g/mol. The fourth-order valence-electron chi connectivity index (χ4n) is 2.21. The molecule has 0 radical (unpaired) electrons. The number of benzene rings is 1. The molecule has 1 aromatic heterocycles. The highest BCUT2D eigenvalue weighted by atomic mass is 32.1. The molecule has 2 heterocycles. The number of carbonyl (C=O) groups excluding carboxylic acids is 2. The Morgan fingerprint density at radius 3 is 3.00 bits per heavy atom. The maximum atomic E-state index is 13.2. The number of nitrogens with one attached hydrogen (secondary N) is 2. The van der Waals surface area contributed by atoms with Crippen LogP contribution in [0.2, 0.25) is 0 Å². The smallest absolute Gasteiger partial charge is 0.234 e. The first-order chi connectivity index (χ1) is 10.0. The van der Waals surface area contributed by atoms with Crippen LogP contribution in [-0.4, -0.2) is 22.0 Å². The van der Waals surface area contributed by atoms with Gasteiger partial charge in [-0.3, -0.25) is 14.9 Å². The van der Waals surface area contributed by atoms with Gasteiger partial charge in [-0.1, -0.05) is 17.4 Å². The molecule has 108 valence electrons. The molecule has 0 saturated heterocycles. The Morgan fingerprint density at radius 2 is 2.29 bits per heavy atom. The number of fused-ring (bicyclic) bond motifs is 1. The fourth-order valence-corrected chi connectivity index (χ4v) is 2.81. The standard InChI is InChI=1S/C13H11FN4O2S/c1-6-17-18-13(21-6)16-12(20)9-5-11(19)15-10-4-7(14)2-3-8(9)10/h2-4,9H,5H2,1H3,(H,15,19)(H,16,18,20)/t9-/m0/s1. The molecule has 0 unspecified atom stereocenters. The van der Waals surface area contributed by atoms with Crippen molar-refractivity contribution in [1.82, 2.24) is 10.2 Å². The Bertz CT molecular complexity index is 731. The van der Waals surface area contributed by atoms with E-state index in [-0.39, 0.29) is 18.2 Å². The monoisotopic (exact) mass is 306 g/mol. The molecule has 2 N–H and O–H groups in total. The molecule has 8 heteroatoms. The zero-order valence-electron chi connectivity index (χ0n) is 11.0. The van der Waals surface area contributed by atoms with Gasteiger partial charge in [0, 0.05) is 12.1 Å². The van der Waals surface area contributed by atoms with E-state index in [1.807, 2.05) is 0 Å². The van der Waals surface area contributed by atoms with Crippen molar-refractivity contribution in [2.24, 2.45) is 0 Å². The lowest BCUT2D eigenvalue weighted by atomic mass is 9.90. The molecular formula is C13H11FN4O2S. The molecule has 0 spiro atoms. The van der Waals surface area contributed by atoms with Gasteiger partial charge in [-0.2, -0.15) is 0 Å². The topological polar surface area (TPSA) is 84.0 Å². The van der Waals surface area contributed by atoms with Crippen molar-refractivity contribution < 1.29 is 14.0 Å². The summed E-state index contributed by atoms with van der Waals surface area (Å²) >= 11 is 1.25. The van der Waals surface area contributed by atoms with Crippen LogP contribution in [0.15, 0.2) is 18.2 Å². The Kier molecular flexibility index (Phi) is 3.38. The highest BCUT2D eigenvalue weighted by Crippen LogP contribution is 2.33. The third-order valence-electron chi connectivity index (χ3n) is 3.13. The van der Waals surface area contributed by atoms with E-state index in [0.29, 0.717) is 16.4 Å². The molecule has 1 atom stereocenters. The van der Waals surface area contributed by atoms with Gasteiger partial charge < -0.3 is 5.32 Å². The summed E-state index contributed by atoms with van der Waals surface area (Å²) in [4.78, 5) is 24.0. The summed E-state index contributed by atoms with van der Waals surface area (Å²) < 4.78 is 13.2. The predicted octanol–water partition coefficient (Wildman–Crippen LogP) is 2.05. The SMILES string of the molecule is Cc1nnc(NC(=O)[C@H]2CC(=O)Nc3cc(F)ccc32)s1. The molecule has 0 aliphatic carbocycles. The van der Waals surface area contributed by atoms with Gasteiger partial charge in [0.25, 0.3) is 0 Å². The van der Waals surface area contributed by atoms with Crippen LogP contribution in [0.1, 0.15) is 22.9 Å². The normalized spacial score (nSPS) is 17.0. The quantitative estimate of drug-likeness (QED) is 0.889. The van der Waals surface area contributed by atoms with E-state index in [9.17, 15) is 14.0 Å². The summed E-state index contributed by atoms with van der Waals surface area (Å²) in [6.07, 6.45) is 0.0161. The summed E-state index contributed by atoms with van der Waals surface area (Å²) in [6.45, 7) is 1.78. The molecule has 0 fully saturated rings. The van der Waals surface area contributed by atoms with Crippen LogP contribution in [0, 0.1) is 12.7 Å². The Hall–Kier alpha value is -2.35. The highest BCUT2D eigenvalue weighted by Gasteiger charge is 2.31. The minimum Gasteiger partial charge on any atom is -0.326 e. The van der Waals surface area contributed by atoms with Gasteiger partial charge in [-0.15, -0.1) is 10.2 Å². The highest BCUT2D eigenvalue weighted by molar-refractivity contribution is 7.15. The van der Waals surface area contributed by atoms with E-state index in [1.165, 1.54) is 29.5 Å². The minimum absolute atomic E-state index is 0.0161. The summed E-state index contributed by atoms with van der Waals surface area (Å²) in [5, 5.41) is 13.9. The third-order valence-corrected chi connectivity index (χ3v) is 3.88. The number of rotatable bonds is 2. The van der Waals surface area contributed by atoms with Crippen molar-refractivity contribution in [1.29, 1.82) is 0 Å². The van der Waals surface area contributed by atoms with Crippen LogP contribution >= 0.6 is 11.3 Å². The number of halogens is 1. The maximum Gasteiger partial charge on any atom is 0.234 e. The molecule has 21 heavy (non-hydrogen) atoms. The molecule has 1 aromatic carbocycles. The van der Waals surface area contributed by atoms with Crippen molar-refractivity contribution in [2.45, 2.75) is 19.3 Å². The molecule has 6 nitrogen and oxygen atoms in total. The van der Waals surface area contributed by atoms with Crippen molar-refractivity contribution in [3.63, 3.8) is 0 Å². The lowest BCUT2D eigenvalue weighted by molar-refractivity contribution is -0.123. The van der Waals surface area contributed by atoms with Crippen molar-refractivity contribution in [3.8, 4) is 0 Å². The van der Waals surface area contributed by atoms with Gasteiger partial charge in [0.2, 0.25) is 16.9 Å². The summed E-state index contributed by atoms with van der Waals surface area (Å²) in [6, 6.07) is 3.99. The third kappa shape index (κ3) is 2.75. The number of nitrogens with zero attached hydrogens (tertiary/aromatic N) is 2. The molecule has 1 aliphatic heterocycles. The molecule has 2 amide bonds. The Morgan fingerprint density at radius 1 is 1.48 bits per heavy atom. The Labute approximate surface area is 123 Å². The summed E-state index contributed by atoms with van der Waals surface area (Å²) in [5.74, 6) is -1.80. The van der Waals surface area contributed by atoms with Crippen molar-refractivity contribution in [3.05, 3.63) is 34.6 Å². The van der Waals surface area contributed by atoms with Crippen molar-refractivity contribution >= 4 is 34.0 Å². The molecule has 2 aromatic rings. The van der Waals surface area contributed by atoms with Gasteiger partial charge >= 0.3 is 0 Å². The maximum absolute atomic E-state index is 13.2. The van der Waals surface area contributed by atoms with Gasteiger partial charge in [0.05, 0.1) is 5.92 Å². The predicted molar refractivity (Wildman–Crippen MR) is 75.7 cm³/mol. The number of hydrogen-bond donors (Lipinski definition) is 2. The largest absolute Gasteiger partial charge is 0.326 e. The van der Waals surface area contributed by atoms with Crippen LogP contribution < -0.4 is 10.6 Å². The molecule has 1 aliphatic rings. The van der Waals surface area contributed by atoms with E-state index >= 15 is 0 Å². The number of hydrogen-bond acceptors (Lipinski definition) is 5. The fraction of sp³-hybridized carbons (Fsp3) is 0.231. The van der Waals surface area contributed by atoms with Gasteiger partial charge in [-0.05, 0) is 24.6 Å². The molecule has 0 saturated carbocycles. The van der Waals surface area contributed by atoms with Crippen LogP contribution in [0.5, 0.6) is 0 Å². The van der Waals surface area contributed by atoms with Crippen LogP contribution in [0.4, 0.5) is 15.2 Å². The first kappa shape index (κ1) is 13.6. The summed E-state index contributed by atoms with van der Waals surface area (Å²) in [7, 11) is 0. The van der Waals surface area contributed by atoms with E-state index in [0.717, 1.165) is 5.01 Å². The first-order valence-corrected chi connectivity index (χ1v) is 7.05. The Balaban J connectivity index is 1.88. The van der Waals surface area contributed by atoms with Gasteiger partial charge in [-0.25, -0.2) is 4.39 Å². The van der Waals surface area contributed by atoms with E-state index in [2.05, 4.69) is 20.8 Å². The number of amides is 2. The van der Waals surface area contributed by atoms with Gasteiger partial charge in [0.15, 0.2) is 0 Å². The van der Waals surface area contributed by atoms with E-state index in [4.69, 9.17) is 0 Å². The van der Waals surface area contributed by atoms with Crippen molar-refractivity contribution in [2.75, 3.05) is 10.6 Å². The van der Waals surface area contributed by atoms with Crippen LogP contribution in [-0.2, 0) is 9.59 Å². The van der Waals surface area contributed by atoms with E-state index < -0.39 is 11.7 Å². The number of aryl methyl sites for hydroxylation is 1. The zero-order valence-corrected chi connectivity index (χ0v) is 11.8. The second-order valence-corrected chi connectivity index (χ2v) is 5.83. The minimum atomic E-state index is -0.668. The van der Waals surface area contributed by atoms with Gasteiger partial charge in [0.1, 0.15) is 10.8 Å². The first-order valence-electron chi connectivity index (χ1n) is 6.23. The number of aromatic nitrogens is 2. The number of carbonyl (C=O) groups is 2. The van der Waals surface area contributed by atoms with E-state index in [1.54, 1.807) is 6.92 Å². The lowest BCUT2D eigenvalue weighted by Gasteiger charge is -2.24. The molecule has 3 rings (SSSR count). The van der Waals surface area contributed by atoms with Crippen LogP contribution in [0.25, 0.3) is 0 Å². The summed E-state index contributed by atoms with van der Waals surface area (Å²) in [5.41, 5.74) is 0.926. The second-order valence-electron chi connectivity index (χ2n) is 4.65. The lowest BCUT2D eigenvalue weighted by Crippen LogP contribution is -2.30. The molecular weight excluding hydrogens is 295 g/mol. The zero-order chi connectivity index (χ0) is 15.0. The molecule has 0 bridgehead atoms. The van der Waals surface area contributed by atoms with Crippen LogP contribution in [0.3, 0.4) is 0 Å².